The molecule has 3 aliphatic rings. The highest BCUT2D eigenvalue weighted by atomic mass is 16.7. The van der Waals surface area contributed by atoms with Crippen molar-refractivity contribution >= 4 is 29.0 Å². The molecule has 4 aromatic rings. The van der Waals surface area contributed by atoms with Gasteiger partial charge in [0.15, 0.2) is 11.5 Å². The van der Waals surface area contributed by atoms with Gasteiger partial charge in [-0.3, -0.25) is 9.69 Å². The predicted molar refractivity (Wildman–Crippen MR) is 191 cm³/mol. The Balaban J connectivity index is 1.10. The highest BCUT2D eigenvalue weighted by Crippen LogP contribution is 2.51. The van der Waals surface area contributed by atoms with Crippen molar-refractivity contribution in [2.24, 2.45) is 17.8 Å². The number of nitrogens with one attached hydrogen (secondary N) is 1. The average molecular weight is 729 g/mol. The minimum atomic E-state index is -0.973. The van der Waals surface area contributed by atoms with Crippen molar-refractivity contribution in [2.45, 2.75) is 44.1 Å². The van der Waals surface area contributed by atoms with Crippen LogP contribution in [0.15, 0.2) is 60.7 Å². The van der Waals surface area contributed by atoms with Crippen LogP contribution in [-0.2, 0) is 36.8 Å². The maximum Gasteiger partial charge on any atom is 0.514 e. The predicted octanol–water partition coefficient (Wildman–Crippen LogP) is 5.88. The number of esters is 2. The summed E-state index contributed by atoms with van der Waals surface area (Å²) in [5, 5.41) is 1.19. The second kappa shape index (κ2) is 15.4. The number of ether oxygens (including phenoxy) is 8. The van der Waals surface area contributed by atoms with Crippen LogP contribution in [0.1, 0.15) is 46.1 Å². The lowest BCUT2D eigenvalue weighted by molar-refractivity contribution is -0.176. The van der Waals surface area contributed by atoms with E-state index in [0.717, 1.165) is 36.3 Å². The van der Waals surface area contributed by atoms with E-state index in [1.807, 2.05) is 42.5 Å². The summed E-state index contributed by atoms with van der Waals surface area (Å²) >= 11 is 0. The fraction of sp³-hybridized carbons (Fsp3) is 0.425. The number of hydrogen-bond donors (Lipinski definition) is 1. The number of nitrogens with zero attached hydrogens (tertiary/aromatic N) is 1. The zero-order valence-corrected chi connectivity index (χ0v) is 30.4. The third-order valence-electron chi connectivity index (χ3n) is 10.9. The van der Waals surface area contributed by atoms with E-state index in [2.05, 4.69) is 16.0 Å². The molecule has 1 saturated carbocycles. The molecular weight excluding hydrogens is 684 g/mol. The molecule has 0 bridgehead atoms. The van der Waals surface area contributed by atoms with Gasteiger partial charge in [0.1, 0.15) is 24.6 Å². The fourth-order valence-electron chi connectivity index (χ4n) is 8.49. The SMILES string of the molecule is COC(=O)[C@H]1C2C[C@@H]3c4[nH]c5cc(OC)ccc5c4CCN3CC2C[C@@H](OC(=O)c2cc(OC)c(OC(=O)OCc3ccccc3)c(OC)c2)[C@@H]1OC. The normalized spacial score (nSPS) is 23.5. The lowest BCUT2D eigenvalue weighted by Crippen LogP contribution is -2.58. The Morgan fingerprint density at radius 2 is 1.64 bits per heavy atom. The number of methoxy groups -OCH3 is 5. The molecule has 13 nitrogen and oxygen atoms in total. The molecule has 2 aliphatic heterocycles. The monoisotopic (exact) mass is 728 g/mol. The Bertz CT molecular complexity index is 1950. The molecule has 0 spiro atoms. The van der Waals surface area contributed by atoms with Crippen LogP contribution in [-0.4, -0.2) is 88.8 Å². The number of rotatable bonds is 10. The summed E-state index contributed by atoms with van der Waals surface area (Å²) < 4.78 is 44.7. The third-order valence-corrected chi connectivity index (χ3v) is 10.9. The number of aromatic amines is 1. The van der Waals surface area contributed by atoms with Crippen LogP contribution in [0.2, 0.25) is 0 Å². The van der Waals surface area contributed by atoms with Crippen molar-refractivity contribution in [3.05, 3.63) is 83.0 Å². The van der Waals surface area contributed by atoms with Gasteiger partial charge in [-0.05, 0) is 66.5 Å². The highest BCUT2D eigenvalue weighted by molar-refractivity contribution is 5.92. The minimum absolute atomic E-state index is 0.00327. The van der Waals surface area contributed by atoms with E-state index in [1.54, 1.807) is 7.11 Å². The smallest absolute Gasteiger partial charge is 0.497 e. The number of fused-ring (bicyclic) bond motifs is 6. The van der Waals surface area contributed by atoms with Gasteiger partial charge in [-0.1, -0.05) is 30.3 Å². The zero-order valence-electron chi connectivity index (χ0n) is 30.4. The van der Waals surface area contributed by atoms with Gasteiger partial charge in [-0.25, -0.2) is 9.59 Å². The van der Waals surface area contributed by atoms with Crippen LogP contribution in [0.25, 0.3) is 10.9 Å². The number of H-pyrrole nitrogens is 1. The molecule has 280 valence electrons. The lowest BCUT2D eigenvalue weighted by atomic mass is 9.63. The molecule has 0 amide bonds. The first-order valence-corrected chi connectivity index (χ1v) is 17.6. The second-order valence-electron chi connectivity index (χ2n) is 13.6. The van der Waals surface area contributed by atoms with Crippen LogP contribution >= 0.6 is 0 Å². The molecule has 6 atom stereocenters. The number of hydrogen-bond acceptors (Lipinski definition) is 12. The number of aromatic nitrogens is 1. The maximum absolute atomic E-state index is 13.8. The van der Waals surface area contributed by atoms with E-state index in [0.29, 0.717) is 12.8 Å². The molecule has 3 heterocycles. The van der Waals surface area contributed by atoms with Crippen molar-refractivity contribution in [1.82, 2.24) is 9.88 Å². The van der Waals surface area contributed by atoms with Crippen LogP contribution < -0.4 is 18.9 Å². The Labute approximate surface area is 307 Å². The number of carbonyl (C=O) groups is 3. The van der Waals surface area contributed by atoms with Gasteiger partial charge in [0.2, 0.25) is 5.75 Å². The highest BCUT2D eigenvalue weighted by Gasteiger charge is 2.54. The second-order valence-corrected chi connectivity index (χ2v) is 13.6. The van der Waals surface area contributed by atoms with Crippen molar-refractivity contribution < 1.29 is 52.3 Å². The summed E-state index contributed by atoms with van der Waals surface area (Å²) in [5.74, 6) is -0.932. The van der Waals surface area contributed by atoms with Crippen molar-refractivity contribution in [3.63, 3.8) is 0 Å². The summed E-state index contributed by atoms with van der Waals surface area (Å²) in [7, 11) is 7.31. The van der Waals surface area contributed by atoms with Gasteiger partial charge >= 0.3 is 18.1 Å². The van der Waals surface area contributed by atoms with Gasteiger partial charge < -0.3 is 42.9 Å². The number of carbonyl (C=O) groups excluding carboxylic acids is 3. The Kier molecular flexibility index (Phi) is 10.5. The van der Waals surface area contributed by atoms with E-state index in [9.17, 15) is 14.4 Å². The molecule has 3 aromatic carbocycles. The summed E-state index contributed by atoms with van der Waals surface area (Å²) in [4.78, 5) is 46.2. The van der Waals surface area contributed by atoms with Gasteiger partial charge in [0.05, 0.1) is 46.0 Å². The zero-order chi connectivity index (χ0) is 37.2. The summed E-state index contributed by atoms with van der Waals surface area (Å²) in [6, 6.07) is 18.2. The van der Waals surface area contributed by atoms with Crippen LogP contribution in [0.4, 0.5) is 4.79 Å². The van der Waals surface area contributed by atoms with E-state index >= 15 is 0 Å². The average Bonchev–Trinajstić information content (AvgIpc) is 3.57. The maximum atomic E-state index is 13.8. The Morgan fingerprint density at radius 1 is 0.887 bits per heavy atom. The van der Waals surface area contributed by atoms with Crippen molar-refractivity contribution in [1.29, 1.82) is 0 Å². The van der Waals surface area contributed by atoms with E-state index in [1.165, 1.54) is 57.2 Å². The Morgan fingerprint density at radius 3 is 2.32 bits per heavy atom. The number of benzene rings is 3. The third kappa shape index (κ3) is 6.98. The van der Waals surface area contributed by atoms with E-state index in [4.69, 9.17) is 37.9 Å². The molecule has 1 aromatic heterocycles. The quantitative estimate of drug-likeness (QED) is 0.118. The summed E-state index contributed by atoms with van der Waals surface area (Å²) in [5.41, 5.74) is 4.38. The molecule has 2 fully saturated rings. The largest absolute Gasteiger partial charge is 0.514 e. The summed E-state index contributed by atoms with van der Waals surface area (Å²) in [6.07, 6.45) is -0.380. The molecule has 0 radical (unpaired) electrons. The molecule has 2 unspecified atom stereocenters. The first-order valence-electron chi connectivity index (χ1n) is 17.6. The number of piperidine rings is 1. The van der Waals surface area contributed by atoms with Gasteiger partial charge in [-0.2, -0.15) is 0 Å². The fourth-order valence-corrected chi connectivity index (χ4v) is 8.49. The minimum Gasteiger partial charge on any atom is -0.497 e. The summed E-state index contributed by atoms with van der Waals surface area (Å²) in [6.45, 7) is 1.59. The van der Waals surface area contributed by atoms with Crippen LogP contribution in [0.3, 0.4) is 0 Å². The Hall–Kier alpha value is -5.27. The van der Waals surface area contributed by atoms with E-state index in [-0.39, 0.29) is 47.3 Å². The lowest BCUT2D eigenvalue weighted by Gasteiger charge is -2.52. The standard InChI is InChI=1S/C40H44N2O11/c1-46-25-11-12-26-27-13-14-42-20-24-17-33(37(49-4)34(39(44)50-5)28(24)19-30(42)35(27)41-29(26)18-25)52-38(43)23-15-31(47-2)36(32(16-23)48-3)53-40(45)51-21-22-9-7-6-8-10-22/h6-12,15-16,18,24,28,30,33-34,37,41H,13-14,17,19-21H2,1-5H3/t24?,28?,30-,33-,34+,37+/m1/s1. The molecule has 7 rings (SSSR count). The van der Waals surface area contributed by atoms with Gasteiger partial charge in [-0.15, -0.1) is 0 Å². The van der Waals surface area contributed by atoms with Gasteiger partial charge in [0.25, 0.3) is 0 Å². The molecule has 1 N–H and O–H groups in total. The van der Waals surface area contributed by atoms with Crippen LogP contribution in [0.5, 0.6) is 23.0 Å². The van der Waals surface area contributed by atoms with Crippen LogP contribution in [0, 0.1) is 17.8 Å². The van der Waals surface area contributed by atoms with Gasteiger partial charge in [0, 0.05) is 42.9 Å². The molecule has 13 heteroatoms. The first kappa shape index (κ1) is 36.1. The molecule has 1 aliphatic carbocycles. The van der Waals surface area contributed by atoms with E-state index < -0.39 is 36.2 Å². The molecule has 53 heavy (non-hydrogen) atoms. The molecule has 1 saturated heterocycles. The van der Waals surface area contributed by atoms with Crippen molar-refractivity contribution in [3.8, 4) is 23.0 Å². The van der Waals surface area contributed by atoms with Crippen molar-refractivity contribution in [2.75, 3.05) is 48.6 Å². The molecular formula is C40H44N2O11. The first-order chi connectivity index (χ1) is 25.8. The topological polar surface area (TPSA) is 144 Å².